The van der Waals surface area contributed by atoms with Crippen molar-refractivity contribution in [3.8, 4) is 5.75 Å². The van der Waals surface area contributed by atoms with Crippen molar-refractivity contribution < 1.29 is 13.9 Å². The Morgan fingerprint density at radius 1 is 1.62 bits per heavy atom. The molecular formula is C11H15FN2O2. The molecule has 88 valence electrons. The zero-order valence-electron chi connectivity index (χ0n) is 9.29. The zero-order valence-corrected chi connectivity index (χ0v) is 9.29. The maximum absolute atomic E-state index is 12.8. The van der Waals surface area contributed by atoms with E-state index in [1.165, 1.54) is 18.2 Å². The van der Waals surface area contributed by atoms with E-state index >= 15 is 0 Å². The number of hydrogen-bond acceptors (Lipinski definition) is 3. The van der Waals surface area contributed by atoms with Gasteiger partial charge in [0, 0.05) is 6.07 Å². The van der Waals surface area contributed by atoms with Gasteiger partial charge in [-0.3, -0.25) is 4.79 Å². The molecule has 1 aromatic carbocycles. The Morgan fingerprint density at radius 3 is 2.81 bits per heavy atom. The summed E-state index contributed by atoms with van der Waals surface area (Å²) in [5.41, 5.74) is 4.25. The zero-order chi connectivity index (χ0) is 12.2. The van der Waals surface area contributed by atoms with Crippen molar-refractivity contribution in [1.82, 2.24) is 5.32 Å². The van der Waals surface area contributed by atoms with Crippen molar-refractivity contribution in [3.63, 3.8) is 0 Å². The maximum atomic E-state index is 12.8. The Labute approximate surface area is 93.6 Å². The number of likely N-dealkylation sites (N-methyl/N-ethyl adjacent to an activating group) is 1. The predicted molar refractivity (Wildman–Crippen MR) is 58.6 cm³/mol. The van der Waals surface area contributed by atoms with Crippen molar-refractivity contribution in [1.29, 1.82) is 0 Å². The second kappa shape index (κ2) is 4.94. The molecule has 0 aliphatic heterocycles. The van der Waals surface area contributed by atoms with Crippen LogP contribution < -0.4 is 15.8 Å². The van der Waals surface area contributed by atoms with Gasteiger partial charge in [-0.25, -0.2) is 4.39 Å². The van der Waals surface area contributed by atoms with Crippen molar-refractivity contribution >= 4 is 5.91 Å². The molecule has 1 atom stereocenters. The minimum atomic E-state index is -0.966. The second-order valence-electron chi connectivity index (χ2n) is 3.69. The van der Waals surface area contributed by atoms with Crippen molar-refractivity contribution in [2.45, 2.75) is 12.5 Å². The molecule has 4 nitrogen and oxygen atoms in total. The molecular weight excluding hydrogens is 211 g/mol. The lowest BCUT2D eigenvalue weighted by Gasteiger charge is -2.25. The van der Waals surface area contributed by atoms with Crippen molar-refractivity contribution in [3.05, 3.63) is 30.1 Å². The fourth-order valence-electron chi connectivity index (χ4n) is 1.05. The lowest BCUT2D eigenvalue weighted by molar-refractivity contribution is -0.124. The molecule has 0 spiro atoms. The molecule has 0 aromatic heterocycles. The third-order valence-corrected chi connectivity index (χ3v) is 2.42. The average molecular weight is 226 g/mol. The summed E-state index contributed by atoms with van der Waals surface area (Å²) in [4.78, 5) is 11.1. The number of carbonyl (C=O) groups is 1. The van der Waals surface area contributed by atoms with Crippen LogP contribution in [0, 0.1) is 5.82 Å². The molecule has 0 heterocycles. The Hall–Kier alpha value is -1.62. The van der Waals surface area contributed by atoms with E-state index in [2.05, 4.69) is 5.32 Å². The molecule has 1 amide bonds. The molecule has 5 heteroatoms. The van der Waals surface area contributed by atoms with Gasteiger partial charge in [0.15, 0.2) is 0 Å². The summed E-state index contributed by atoms with van der Waals surface area (Å²) >= 11 is 0. The third-order valence-electron chi connectivity index (χ3n) is 2.42. The molecule has 0 aliphatic carbocycles. The standard InChI is InChI=1S/C11H15FN2O2/c1-11(14-2,10(13)15)7-16-9-5-3-4-8(12)6-9/h3-6,14H,7H2,1-2H3,(H2,13,15). The first-order valence-electron chi connectivity index (χ1n) is 4.85. The van der Waals surface area contributed by atoms with E-state index in [4.69, 9.17) is 10.5 Å². The van der Waals surface area contributed by atoms with Crippen LogP contribution in [0.1, 0.15) is 6.92 Å². The van der Waals surface area contributed by atoms with Crippen LogP contribution >= 0.6 is 0 Å². The number of ether oxygens (including phenoxy) is 1. The van der Waals surface area contributed by atoms with Gasteiger partial charge in [0.1, 0.15) is 23.7 Å². The quantitative estimate of drug-likeness (QED) is 0.775. The molecule has 0 radical (unpaired) electrons. The largest absolute Gasteiger partial charge is 0.491 e. The van der Waals surface area contributed by atoms with E-state index in [1.54, 1.807) is 20.0 Å². The van der Waals surface area contributed by atoms with Gasteiger partial charge in [0.25, 0.3) is 0 Å². The second-order valence-corrected chi connectivity index (χ2v) is 3.69. The molecule has 0 saturated carbocycles. The monoisotopic (exact) mass is 226 g/mol. The number of nitrogens with one attached hydrogen (secondary N) is 1. The fourth-order valence-corrected chi connectivity index (χ4v) is 1.05. The molecule has 16 heavy (non-hydrogen) atoms. The Kier molecular flexibility index (Phi) is 3.84. The van der Waals surface area contributed by atoms with Crippen LogP contribution in [0.3, 0.4) is 0 Å². The first-order chi connectivity index (χ1) is 7.48. The summed E-state index contributed by atoms with van der Waals surface area (Å²) in [5, 5.41) is 2.77. The SMILES string of the molecule is CNC(C)(COc1cccc(F)c1)C(N)=O. The molecule has 1 unspecified atom stereocenters. The third kappa shape index (κ3) is 2.93. The van der Waals surface area contributed by atoms with Crippen LogP contribution in [0.4, 0.5) is 4.39 Å². The molecule has 0 saturated heterocycles. The number of amides is 1. The van der Waals surface area contributed by atoms with E-state index in [0.29, 0.717) is 5.75 Å². The van der Waals surface area contributed by atoms with Crippen molar-refractivity contribution in [2.24, 2.45) is 5.73 Å². The summed E-state index contributed by atoms with van der Waals surface area (Å²) in [5.74, 6) is -0.545. The van der Waals surface area contributed by atoms with Gasteiger partial charge in [-0.05, 0) is 26.1 Å². The Bertz CT molecular complexity index is 384. The van der Waals surface area contributed by atoms with Crippen LogP contribution in [0.15, 0.2) is 24.3 Å². The first kappa shape index (κ1) is 12.4. The normalized spacial score (nSPS) is 14.2. The van der Waals surface area contributed by atoms with E-state index in [-0.39, 0.29) is 12.4 Å². The highest BCUT2D eigenvalue weighted by Crippen LogP contribution is 2.14. The number of carbonyl (C=O) groups excluding carboxylic acids is 1. The lowest BCUT2D eigenvalue weighted by Crippen LogP contribution is -2.55. The van der Waals surface area contributed by atoms with Gasteiger partial charge in [0.05, 0.1) is 0 Å². The summed E-state index contributed by atoms with van der Waals surface area (Å²) in [6, 6.07) is 5.71. The summed E-state index contributed by atoms with van der Waals surface area (Å²) in [7, 11) is 1.61. The summed E-state index contributed by atoms with van der Waals surface area (Å²) in [6.45, 7) is 1.66. The molecule has 1 aromatic rings. The molecule has 3 N–H and O–H groups in total. The van der Waals surface area contributed by atoms with Gasteiger partial charge in [-0.15, -0.1) is 0 Å². The number of rotatable bonds is 5. The van der Waals surface area contributed by atoms with Crippen LogP contribution in [-0.2, 0) is 4.79 Å². The minimum Gasteiger partial charge on any atom is -0.491 e. The highest BCUT2D eigenvalue weighted by atomic mass is 19.1. The number of primary amides is 1. The fraction of sp³-hybridized carbons (Fsp3) is 0.364. The van der Waals surface area contributed by atoms with Crippen molar-refractivity contribution in [2.75, 3.05) is 13.7 Å². The summed E-state index contributed by atoms with van der Waals surface area (Å²) in [6.07, 6.45) is 0. The molecule has 1 rings (SSSR count). The minimum absolute atomic E-state index is 0.0439. The van der Waals surface area contributed by atoms with Gasteiger partial charge in [-0.2, -0.15) is 0 Å². The van der Waals surface area contributed by atoms with Gasteiger partial charge in [0.2, 0.25) is 5.91 Å². The topological polar surface area (TPSA) is 64.3 Å². The van der Waals surface area contributed by atoms with Crippen LogP contribution in [-0.4, -0.2) is 25.1 Å². The number of benzene rings is 1. The highest BCUT2D eigenvalue weighted by Gasteiger charge is 2.29. The van der Waals surface area contributed by atoms with E-state index in [0.717, 1.165) is 0 Å². The average Bonchev–Trinajstić information content (AvgIpc) is 2.26. The van der Waals surface area contributed by atoms with Crippen LogP contribution in [0.5, 0.6) is 5.75 Å². The number of nitrogens with two attached hydrogens (primary N) is 1. The van der Waals surface area contributed by atoms with E-state index < -0.39 is 11.4 Å². The van der Waals surface area contributed by atoms with Crippen LogP contribution in [0.2, 0.25) is 0 Å². The van der Waals surface area contributed by atoms with Crippen LogP contribution in [0.25, 0.3) is 0 Å². The molecule has 0 aliphatic rings. The number of hydrogen-bond donors (Lipinski definition) is 2. The van der Waals surface area contributed by atoms with E-state index in [1.807, 2.05) is 0 Å². The predicted octanol–water partition coefficient (Wildman–Crippen LogP) is 0.668. The first-order valence-corrected chi connectivity index (χ1v) is 4.85. The van der Waals surface area contributed by atoms with Gasteiger partial charge in [-0.1, -0.05) is 6.07 Å². The Morgan fingerprint density at radius 2 is 2.31 bits per heavy atom. The summed E-state index contributed by atoms with van der Waals surface area (Å²) < 4.78 is 18.1. The lowest BCUT2D eigenvalue weighted by atomic mass is 10.0. The van der Waals surface area contributed by atoms with E-state index in [9.17, 15) is 9.18 Å². The Balaban J connectivity index is 2.66. The molecule has 0 fully saturated rings. The van der Waals surface area contributed by atoms with Gasteiger partial charge >= 0.3 is 0 Å². The molecule has 0 bridgehead atoms. The number of halogens is 1. The highest BCUT2D eigenvalue weighted by molar-refractivity contribution is 5.84. The smallest absolute Gasteiger partial charge is 0.240 e. The van der Waals surface area contributed by atoms with Gasteiger partial charge < -0.3 is 15.8 Å². The maximum Gasteiger partial charge on any atom is 0.240 e.